The van der Waals surface area contributed by atoms with Gasteiger partial charge in [-0.1, -0.05) is 30.4 Å². The highest BCUT2D eigenvalue weighted by Crippen LogP contribution is 2.27. The van der Waals surface area contributed by atoms with Crippen LogP contribution >= 0.6 is 0 Å². The topological polar surface area (TPSA) is 82.2 Å². The van der Waals surface area contributed by atoms with Crippen LogP contribution in [0.25, 0.3) is 16.8 Å². The maximum Gasteiger partial charge on any atom is 0.253 e. The SMILES string of the molecule is C/C=C(/CNC(=O)c1cc[nH]c1)NC1=NC(c2cccc(-c3ccnc(C)c3)c2)=CC1. The van der Waals surface area contributed by atoms with Crippen LogP contribution < -0.4 is 10.6 Å². The van der Waals surface area contributed by atoms with E-state index in [4.69, 9.17) is 4.99 Å². The number of rotatable bonds is 6. The summed E-state index contributed by atoms with van der Waals surface area (Å²) in [6.07, 6.45) is 10.0. The summed E-state index contributed by atoms with van der Waals surface area (Å²) in [4.78, 5) is 24.1. The number of hydrogen-bond donors (Lipinski definition) is 3. The predicted octanol–water partition coefficient (Wildman–Crippen LogP) is 4.45. The van der Waals surface area contributed by atoms with Crippen molar-refractivity contribution in [2.75, 3.05) is 6.54 Å². The van der Waals surface area contributed by atoms with E-state index in [9.17, 15) is 4.79 Å². The maximum atomic E-state index is 12.1. The second-order valence-corrected chi connectivity index (χ2v) is 7.34. The van der Waals surface area contributed by atoms with Crippen molar-refractivity contribution in [3.8, 4) is 11.1 Å². The minimum absolute atomic E-state index is 0.113. The van der Waals surface area contributed by atoms with E-state index < -0.39 is 0 Å². The highest BCUT2D eigenvalue weighted by Gasteiger charge is 2.13. The molecule has 3 heterocycles. The van der Waals surface area contributed by atoms with Crippen LogP contribution in [0.2, 0.25) is 0 Å². The summed E-state index contributed by atoms with van der Waals surface area (Å²) in [7, 11) is 0. The molecule has 1 aliphatic heterocycles. The van der Waals surface area contributed by atoms with Crippen LogP contribution in [-0.2, 0) is 0 Å². The first-order chi connectivity index (χ1) is 15.1. The number of aromatic nitrogens is 2. The van der Waals surface area contributed by atoms with Crippen LogP contribution in [-0.4, -0.2) is 28.3 Å². The monoisotopic (exact) mass is 411 g/mol. The Kier molecular flexibility index (Phi) is 6.08. The molecule has 0 radical (unpaired) electrons. The molecule has 1 aromatic carbocycles. The summed E-state index contributed by atoms with van der Waals surface area (Å²) >= 11 is 0. The number of amides is 1. The fraction of sp³-hybridized carbons (Fsp3) is 0.160. The fourth-order valence-corrected chi connectivity index (χ4v) is 3.42. The number of carbonyl (C=O) groups is 1. The lowest BCUT2D eigenvalue weighted by Gasteiger charge is -2.11. The van der Waals surface area contributed by atoms with Crippen molar-refractivity contribution >= 4 is 17.4 Å². The maximum absolute atomic E-state index is 12.1. The Morgan fingerprint density at radius 1 is 1.16 bits per heavy atom. The van der Waals surface area contributed by atoms with Crippen molar-refractivity contribution in [1.82, 2.24) is 20.6 Å². The fourth-order valence-electron chi connectivity index (χ4n) is 3.42. The van der Waals surface area contributed by atoms with Crippen LogP contribution in [0.1, 0.15) is 35.0 Å². The molecule has 1 amide bonds. The average Bonchev–Trinajstić information content (AvgIpc) is 3.49. The molecule has 0 saturated heterocycles. The van der Waals surface area contributed by atoms with E-state index in [0.29, 0.717) is 12.1 Å². The largest absolute Gasteiger partial charge is 0.367 e. The minimum Gasteiger partial charge on any atom is -0.367 e. The first-order valence-corrected chi connectivity index (χ1v) is 10.3. The van der Waals surface area contributed by atoms with Crippen LogP contribution in [0, 0.1) is 6.92 Å². The van der Waals surface area contributed by atoms with Gasteiger partial charge in [0.1, 0.15) is 5.84 Å². The molecule has 0 aliphatic carbocycles. The van der Waals surface area contributed by atoms with Crippen molar-refractivity contribution in [1.29, 1.82) is 0 Å². The van der Waals surface area contributed by atoms with Crippen LogP contribution in [0.3, 0.4) is 0 Å². The average molecular weight is 412 g/mol. The van der Waals surface area contributed by atoms with Gasteiger partial charge in [0.25, 0.3) is 5.91 Å². The van der Waals surface area contributed by atoms with Crippen molar-refractivity contribution in [3.05, 3.63) is 95.7 Å². The highest BCUT2D eigenvalue weighted by molar-refractivity contribution is 5.96. The third-order valence-corrected chi connectivity index (χ3v) is 5.09. The first kappa shape index (κ1) is 20.3. The number of allylic oxidation sites excluding steroid dienone is 1. The quantitative estimate of drug-likeness (QED) is 0.560. The zero-order valence-electron chi connectivity index (χ0n) is 17.6. The lowest BCUT2D eigenvalue weighted by Crippen LogP contribution is -2.32. The number of aliphatic imine (C=N–C) groups is 1. The van der Waals surface area contributed by atoms with Gasteiger partial charge >= 0.3 is 0 Å². The molecule has 0 atom stereocenters. The van der Waals surface area contributed by atoms with Gasteiger partial charge in [0, 0.05) is 42.0 Å². The molecular formula is C25H25N5O. The molecule has 0 bridgehead atoms. The molecule has 6 nitrogen and oxygen atoms in total. The van der Waals surface area contributed by atoms with Crippen molar-refractivity contribution < 1.29 is 4.79 Å². The molecule has 156 valence electrons. The standard InChI is InChI=1S/C25H25N5O/c1-3-22(16-28-25(31)21-9-11-26-15-21)29-24-8-7-23(30-24)20-6-4-5-18(14-20)19-10-12-27-17(2)13-19/h3-7,9-15,26H,8,16H2,1-2H3,(H,28,31)(H,29,30)/b22-3-. The molecule has 6 heteroatoms. The zero-order valence-corrected chi connectivity index (χ0v) is 17.6. The Labute approximate surface area is 181 Å². The van der Waals surface area contributed by atoms with Crippen LogP contribution in [0.5, 0.6) is 0 Å². The number of aromatic amines is 1. The Balaban J connectivity index is 1.41. The molecule has 0 fully saturated rings. The van der Waals surface area contributed by atoms with E-state index in [-0.39, 0.29) is 5.91 Å². The van der Waals surface area contributed by atoms with Gasteiger partial charge in [-0.3, -0.25) is 9.78 Å². The van der Waals surface area contributed by atoms with Gasteiger partial charge in [-0.15, -0.1) is 0 Å². The smallest absolute Gasteiger partial charge is 0.253 e. The number of carbonyl (C=O) groups excluding carboxylic acids is 1. The molecule has 0 saturated carbocycles. The van der Waals surface area contributed by atoms with E-state index in [0.717, 1.165) is 46.0 Å². The third kappa shape index (κ3) is 4.98. The van der Waals surface area contributed by atoms with Gasteiger partial charge in [0.05, 0.1) is 17.8 Å². The molecule has 4 rings (SSSR count). The summed E-state index contributed by atoms with van der Waals surface area (Å²) in [5.74, 6) is 0.752. The van der Waals surface area contributed by atoms with Crippen molar-refractivity contribution in [2.24, 2.45) is 4.99 Å². The first-order valence-electron chi connectivity index (χ1n) is 10.3. The normalized spacial score (nSPS) is 13.5. The van der Waals surface area contributed by atoms with Gasteiger partial charge < -0.3 is 15.6 Å². The summed E-state index contributed by atoms with van der Waals surface area (Å²) in [5.41, 5.74) is 6.82. The summed E-state index contributed by atoms with van der Waals surface area (Å²) < 4.78 is 0. The molecule has 2 aromatic heterocycles. The van der Waals surface area contributed by atoms with Gasteiger partial charge in [-0.25, -0.2) is 4.99 Å². The minimum atomic E-state index is -0.113. The number of aryl methyl sites for hydroxylation is 1. The molecule has 3 aromatic rings. The van der Waals surface area contributed by atoms with E-state index >= 15 is 0 Å². The number of nitrogens with one attached hydrogen (secondary N) is 3. The summed E-state index contributed by atoms with van der Waals surface area (Å²) in [5, 5.41) is 6.26. The molecule has 31 heavy (non-hydrogen) atoms. The van der Waals surface area contributed by atoms with E-state index in [2.05, 4.69) is 57.0 Å². The van der Waals surface area contributed by atoms with E-state index in [1.54, 1.807) is 18.5 Å². The number of amidine groups is 1. The van der Waals surface area contributed by atoms with Crippen LogP contribution in [0.15, 0.2) is 83.9 Å². The van der Waals surface area contributed by atoms with Crippen LogP contribution in [0.4, 0.5) is 0 Å². The van der Waals surface area contributed by atoms with Gasteiger partial charge in [-0.2, -0.15) is 0 Å². The summed E-state index contributed by atoms with van der Waals surface area (Å²) in [6, 6.07) is 14.2. The van der Waals surface area contributed by atoms with Gasteiger partial charge in [0.2, 0.25) is 0 Å². The number of benzene rings is 1. The zero-order chi connectivity index (χ0) is 21.6. The molecular weight excluding hydrogens is 386 g/mol. The molecule has 1 aliphatic rings. The molecule has 0 spiro atoms. The third-order valence-electron chi connectivity index (χ3n) is 5.09. The number of H-pyrrole nitrogens is 1. The van der Waals surface area contributed by atoms with Gasteiger partial charge in [0.15, 0.2) is 0 Å². The lowest BCUT2D eigenvalue weighted by molar-refractivity contribution is 0.0957. The second kappa shape index (κ2) is 9.26. The van der Waals surface area contributed by atoms with E-state index in [1.807, 2.05) is 32.2 Å². The Bertz CT molecular complexity index is 1170. The molecule has 3 N–H and O–H groups in total. The highest BCUT2D eigenvalue weighted by atomic mass is 16.1. The number of hydrogen-bond acceptors (Lipinski definition) is 4. The van der Waals surface area contributed by atoms with Crippen molar-refractivity contribution in [2.45, 2.75) is 20.3 Å². The lowest BCUT2D eigenvalue weighted by atomic mass is 10.0. The molecule has 0 unspecified atom stereocenters. The van der Waals surface area contributed by atoms with Crippen molar-refractivity contribution in [3.63, 3.8) is 0 Å². The number of pyridine rings is 1. The predicted molar refractivity (Wildman–Crippen MR) is 124 cm³/mol. The Morgan fingerprint density at radius 2 is 2.00 bits per heavy atom. The summed E-state index contributed by atoms with van der Waals surface area (Å²) in [6.45, 7) is 4.34. The second-order valence-electron chi connectivity index (χ2n) is 7.34. The Morgan fingerprint density at radius 3 is 2.77 bits per heavy atom. The van der Waals surface area contributed by atoms with Gasteiger partial charge in [-0.05, 0) is 49.2 Å². The number of nitrogens with zero attached hydrogens (tertiary/aromatic N) is 2. The van der Waals surface area contributed by atoms with E-state index in [1.165, 1.54) is 0 Å². The Hall–Kier alpha value is -3.93.